The number of anilines is 1. The van der Waals surface area contributed by atoms with Gasteiger partial charge in [0.15, 0.2) is 5.78 Å². The minimum absolute atomic E-state index is 0.0444. The molecule has 3 N–H and O–H groups in total. The number of primary amides is 1. The zero-order valence-electron chi connectivity index (χ0n) is 22.5. The Morgan fingerprint density at radius 2 is 1.95 bits per heavy atom. The Morgan fingerprint density at radius 1 is 1.16 bits per heavy atom. The number of aryl methyl sites for hydroxylation is 1. The summed E-state index contributed by atoms with van der Waals surface area (Å²) in [5.41, 5.74) is 7.76. The third kappa shape index (κ3) is 5.40. The van der Waals surface area contributed by atoms with Crippen molar-refractivity contribution in [2.75, 3.05) is 11.4 Å². The van der Waals surface area contributed by atoms with E-state index in [0.717, 1.165) is 57.3 Å². The number of amides is 2. The van der Waals surface area contributed by atoms with E-state index in [-0.39, 0.29) is 29.8 Å². The summed E-state index contributed by atoms with van der Waals surface area (Å²) < 4.78 is 5.94. The Kier molecular flexibility index (Phi) is 7.41. The smallest absolute Gasteiger partial charge is 0.252 e. The molecule has 2 heterocycles. The first-order valence-corrected chi connectivity index (χ1v) is 13.9. The summed E-state index contributed by atoms with van der Waals surface area (Å²) in [6, 6.07) is 7.54. The van der Waals surface area contributed by atoms with Gasteiger partial charge in [-0.2, -0.15) is 0 Å². The van der Waals surface area contributed by atoms with Gasteiger partial charge in [-0.05, 0) is 94.5 Å². The number of fused-ring (bicyclic) bond motifs is 1. The van der Waals surface area contributed by atoms with Crippen LogP contribution in [0.2, 0.25) is 0 Å². The molecular formula is C30H38N4O4. The van der Waals surface area contributed by atoms with E-state index in [4.69, 9.17) is 10.5 Å². The molecular weight excluding hydrogens is 480 g/mol. The fourth-order valence-corrected chi connectivity index (χ4v) is 5.96. The molecule has 1 aromatic carbocycles. The number of Topliss-reactive ketones (excluding diaryl/α,β-unsaturated/α-hetero) is 1. The van der Waals surface area contributed by atoms with Gasteiger partial charge in [0.2, 0.25) is 0 Å². The Bertz CT molecular complexity index is 1220. The topological polar surface area (TPSA) is 115 Å². The molecule has 2 aliphatic carbocycles. The van der Waals surface area contributed by atoms with E-state index in [0.29, 0.717) is 40.0 Å². The number of nitrogens with zero attached hydrogens (tertiary/aromatic N) is 2. The number of ketones is 1. The molecule has 4 unspecified atom stereocenters. The zero-order valence-corrected chi connectivity index (χ0v) is 22.5. The molecule has 8 heteroatoms. The molecule has 1 saturated heterocycles. The van der Waals surface area contributed by atoms with Gasteiger partial charge in [-0.25, -0.2) is 4.98 Å². The van der Waals surface area contributed by atoms with Crippen LogP contribution in [0.3, 0.4) is 0 Å². The van der Waals surface area contributed by atoms with Gasteiger partial charge in [-0.3, -0.25) is 14.4 Å². The van der Waals surface area contributed by atoms with Crippen molar-refractivity contribution in [1.82, 2.24) is 10.3 Å². The van der Waals surface area contributed by atoms with Crippen LogP contribution in [-0.2, 0) is 0 Å². The number of nitrogens with two attached hydrogens (primary N) is 1. The van der Waals surface area contributed by atoms with Crippen LogP contribution in [0.1, 0.15) is 95.4 Å². The van der Waals surface area contributed by atoms with Gasteiger partial charge in [0, 0.05) is 41.9 Å². The summed E-state index contributed by atoms with van der Waals surface area (Å²) >= 11 is 0. The standard InChI is InChI=1S/C30H38N4O4/c1-4-18(3)38-26-15-23(17(2)12-24(26)29(31)36)30(37)33-22-13-20-6-5-11-34(25(20)14-22)27-10-9-21(16-32-27)28(35)19-7-8-19/h9-10,12,15-16,18-20,22,25H,4-8,11,13-14H2,1-3H3,(H2,31,36)(H,33,37). The second-order valence-electron chi connectivity index (χ2n) is 11.2. The molecule has 3 aliphatic rings. The largest absolute Gasteiger partial charge is 0.490 e. The van der Waals surface area contributed by atoms with Crippen LogP contribution in [0.25, 0.3) is 0 Å². The lowest BCUT2D eigenvalue weighted by molar-refractivity contribution is 0.0931. The van der Waals surface area contributed by atoms with Crippen molar-refractivity contribution in [3.8, 4) is 5.75 Å². The molecule has 3 fully saturated rings. The summed E-state index contributed by atoms with van der Waals surface area (Å²) in [5.74, 6) is 1.40. The Hall–Kier alpha value is -3.42. The van der Waals surface area contributed by atoms with Crippen molar-refractivity contribution in [2.24, 2.45) is 17.6 Å². The van der Waals surface area contributed by atoms with E-state index in [2.05, 4.69) is 15.2 Å². The van der Waals surface area contributed by atoms with E-state index in [1.165, 1.54) is 0 Å². The predicted molar refractivity (Wildman–Crippen MR) is 146 cm³/mol. The van der Waals surface area contributed by atoms with E-state index in [1.807, 2.05) is 32.9 Å². The van der Waals surface area contributed by atoms with Crippen molar-refractivity contribution in [1.29, 1.82) is 0 Å². The molecule has 38 heavy (non-hydrogen) atoms. The maximum absolute atomic E-state index is 13.4. The summed E-state index contributed by atoms with van der Waals surface area (Å²) in [6.45, 7) is 6.66. The molecule has 4 atom stereocenters. The maximum Gasteiger partial charge on any atom is 0.252 e. The van der Waals surface area contributed by atoms with Gasteiger partial charge in [0.05, 0.1) is 11.7 Å². The van der Waals surface area contributed by atoms with Crippen molar-refractivity contribution < 1.29 is 19.1 Å². The summed E-state index contributed by atoms with van der Waals surface area (Å²) in [4.78, 5) is 44.8. The molecule has 202 valence electrons. The third-order valence-electron chi connectivity index (χ3n) is 8.38. The molecule has 2 saturated carbocycles. The van der Waals surface area contributed by atoms with Crippen LogP contribution in [0.5, 0.6) is 5.75 Å². The normalized spacial score (nSPS) is 23.4. The average molecular weight is 519 g/mol. The second kappa shape index (κ2) is 10.8. The van der Waals surface area contributed by atoms with Gasteiger partial charge in [0.25, 0.3) is 11.8 Å². The van der Waals surface area contributed by atoms with Gasteiger partial charge >= 0.3 is 0 Å². The molecule has 0 bridgehead atoms. The van der Waals surface area contributed by atoms with Crippen LogP contribution in [0.4, 0.5) is 5.82 Å². The molecule has 1 aromatic heterocycles. The summed E-state index contributed by atoms with van der Waals surface area (Å²) in [5, 5.41) is 3.25. The number of hydrogen-bond acceptors (Lipinski definition) is 6. The summed E-state index contributed by atoms with van der Waals surface area (Å²) in [7, 11) is 0. The highest BCUT2D eigenvalue weighted by Crippen LogP contribution is 2.39. The molecule has 8 nitrogen and oxygen atoms in total. The fraction of sp³-hybridized carbons (Fsp3) is 0.533. The molecule has 0 radical (unpaired) electrons. The zero-order chi connectivity index (χ0) is 27.0. The Morgan fingerprint density at radius 3 is 2.61 bits per heavy atom. The molecule has 5 rings (SSSR count). The van der Waals surface area contributed by atoms with Gasteiger partial charge in [-0.15, -0.1) is 0 Å². The number of ether oxygens (including phenoxy) is 1. The van der Waals surface area contributed by atoms with E-state index in [1.54, 1.807) is 18.3 Å². The average Bonchev–Trinajstić information content (AvgIpc) is 3.68. The number of nitrogens with one attached hydrogen (secondary N) is 1. The van der Waals surface area contributed by atoms with Crippen molar-refractivity contribution >= 4 is 23.4 Å². The molecule has 1 aliphatic heterocycles. The number of piperidine rings is 1. The first-order chi connectivity index (χ1) is 18.2. The summed E-state index contributed by atoms with van der Waals surface area (Å²) in [6.07, 6.45) is 8.34. The van der Waals surface area contributed by atoms with Gasteiger partial charge in [0.1, 0.15) is 11.6 Å². The van der Waals surface area contributed by atoms with Gasteiger partial charge < -0.3 is 20.7 Å². The monoisotopic (exact) mass is 518 g/mol. The number of benzene rings is 1. The minimum atomic E-state index is -0.572. The third-order valence-corrected chi connectivity index (χ3v) is 8.38. The number of aromatic nitrogens is 1. The van der Waals surface area contributed by atoms with Crippen LogP contribution in [0, 0.1) is 18.8 Å². The number of carbonyl (C=O) groups is 3. The van der Waals surface area contributed by atoms with Crippen molar-refractivity contribution in [3.63, 3.8) is 0 Å². The lowest BCUT2D eigenvalue weighted by atomic mass is 9.92. The lowest BCUT2D eigenvalue weighted by Crippen LogP contribution is -2.43. The van der Waals surface area contributed by atoms with E-state index in [9.17, 15) is 14.4 Å². The highest BCUT2D eigenvalue weighted by atomic mass is 16.5. The number of pyridine rings is 1. The highest BCUT2D eigenvalue weighted by Gasteiger charge is 2.41. The maximum atomic E-state index is 13.4. The predicted octanol–water partition coefficient (Wildman–Crippen LogP) is 4.44. The van der Waals surface area contributed by atoms with Crippen LogP contribution >= 0.6 is 0 Å². The highest BCUT2D eigenvalue weighted by molar-refractivity contribution is 6.01. The first kappa shape index (κ1) is 26.2. The van der Waals surface area contributed by atoms with Gasteiger partial charge in [-0.1, -0.05) is 6.92 Å². The number of hydrogen-bond donors (Lipinski definition) is 2. The van der Waals surface area contributed by atoms with E-state index < -0.39 is 5.91 Å². The van der Waals surface area contributed by atoms with Crippen molar-refractivity contribution in [2.45, 2.75) is 83.9 Å². The van der Waals surface area contributed by atoms with Crippen molar-refractivity contribution in [3.05, 3.63) is 52.7 Å². The Balaban J connectivity index is 1.28. The number of carbonyl (C=O) groups excluding carboxylic acids is 3. The lowest BCUT2D eigenvalue weighted by Gasteiger charge is -2.38. The quantitative estimate of drug-likeness (QED) is 0.475. The van der Waals surface area contributed by atoms with Crippen LogP contribution < -0.4 is 20.7 Å². The molecule has 0 spiro atoms. The minimum Gasteiger partial charge on any atom is -0.490 e. The van der Waals surface area contributed by atoms with Crippen LogP contribution in [0.15, 0.2) is 30.5 Å². The molecule has 2 aromatic rings. The second-order valence-corrected chi connectivity index (χ2v) is 11.2. The fourth-order valence-electron chi connectivity index (χ4n) is 5.96. The van der Waals surface area contributed by atoms with Crippen LogP contribution in [-0.4, -0.2) is 47.3 Å². The SMILES string of the molecule is CCC(C)Oc1cc(C(=O)NC2CC3CCCN(c4ccc(C(=O)C5CC5)cn4)C3C2)c(C)cc1C(N)=O. The number of rotatable bonds is 9. The first-order valence-electron chi connectivity index (χ1n) is 13.9. The Labute approximate surface area is 224 Å². The molecule has 2 amide bonds. The van der Waals surface area contributed by atoms with E-state index >= 15 is 0 Å².